The molecule has 0 saturated carbocycles. The van der Waals surface area contributed by atoms with Crippen LogP contribution in [-0.2, 0) is 4.79 Å². The van der Waals surface area contributed by atoms with Gasteiger partial charge < -0.3 is 14.8 Å². The summed E-state index contributed by atoms with van der Waals surface area (Å²) in [5.41, 5.74) is 1.11. The van der Waals surface area contributed by atoms with Crippen molar-refractivity contribution in [3.05, 3.63) is 91.1 Å². The van der Waals surface area contributed by atoms with Crippen molar-refractivity contribution in [1.29, 1.82) is 0 Å². The van der Waals surface area contributed by atoms with Gasteiger partial charge >= 0.3 is 0 Å². The average molecular weight is 618 g/mol. The van der Waals surface area contributed by atoms with Crippen LogP contribution in [0.3, 0.4) is 0 Å². The van der Waals surface area contributed by atoms with Gasteiger partial charge in [-0.05, 0) is 61.5 Å². The fourth-order valence-electron chi connectivity index (χ4n) is 3.37. The Balaban J connectivity index is 1.63. The molecule has 1 heterocycles. The molecule has 4 aromatic rings. The molecule has 0 saturated heterocycles. The Hall–Kier alpha value is -3.57. The fourth-order valence-corrected chi connectivity index (χ4v) is 4.19. The molecule has 11 heteroatoms. The third-order valence-electron chi connectivity index (χ3n) is 5.03. The number of nitrogens with one attached hydrogen (secondary N) is 1. The van der Waals surface area contributed by atoms with Crippen molar-refractivity contribution in [2.24, 2.45) is 5.10 Å². The first-order valence-corrected chi connectivity index (χ1v) is 12.1. The highest BCUT2D eigenvalue weighted by molar-refractivity contribution is 9.10. The molecule has 36 heavy (non-hydrogen) atoms. The number of ether oxygens (including phenoxy) is 2. The molecule has 0 aliphatic rings. The number of halogens is 3. The van der Waals surface area contributed by atoms with Crippen LogP contribution in [-0.4, -0.2) is 35.5 Å². The van der Waals surface area contributed by atoms with Gasteiger partial charge in [0.15, 0.2) is 18.1 Å². The summed E-state index contributed by atoms with van der Waals surface area (Å²) in [7, 11) is 1.47. The molecule has 0 bridgehead atoms. The molecular weight excluding hydrogens is 599 g/mol. The van der Waals surface area contributed by atoms with E-state index in [4.69, 9.17) is 9.47 Å². The van der Waals surface area contributed by atoms with Crippen LogP contribution in [0.2, 0.25) is 0 Å². The number of hydrogen-bond acceptors (Lipinski definition) is 6. The molecule has 0 aliphatic carbocycles. The molecule has 0 fully saturated rings. The Labute approximate surface area is 222 Å². The molecule has 1 aromatic heterocycles. The zero-order chi connectivity index (χ0) is 25.8. The van der Waals surface area contributed by atoms with Crippen molar-refractivity contribution in [3.63, 3.8) is 0 Å². The predicted molar refractivity (Wildman–Crippen MR) is 143 cm³/mol. The third kappa shape index (κ3) is 5.80. The monoisotopic (exact) mass is 616 g/mol. The maximum atomic E-state index is 13.1. The summed E-state index contributed by atoms with van der Waals surface area (Å²) >= 11 is 6.79. The van der Waals surface area contributed by atoms with Gasteiger partial charge in [0.2, 0.25) is 0 Å². The van der Waals surface area contributed by atoms with E-state index < -0.39 is 11.7 Å². The van der Waals surface area contributed by atoms with Crippen LogP contribution in [0, 0.1) is 12.7 Å². The van der Waals surface area contributed by atoms with E-state index in [9.17, 15) is 14.0 Å². The first kappa shape index (κ1) is 25.5. The Morgan fingerprint density at radius 1 is 1.14 bits per heavy atom. The van der Waals surface area contributed by atoms with Crippen molar-refractivity contribution in [3.8, 4) is 11.5 Å². The average Bonchev–Trinajstić information content (AvgIpc) is 2.84. The lowest BCUT2D eigenvalue weighted by Crippen LogP contribution is -2.21. The standard InChI is InChI=1S/C25H19Br2FN4O4/c1-14-30-21-8-3-16(26)10-20(21)25(34)32(14)29-12-15-9-17(27)11-22(35-2)24(15)36-13-23(33)31-19-6-4-18(28)5-7-19/h3-12H,13H2,1-2H3,(H,31,33). The maximum absolute atomic E-state index is 13.1. The lowest BCUT2D eigenvalue weighted by atomic mass is 10.2. The van der Waals surface area contributed by atoms with Gasteiger partial charge in [0, 0.05) is 20.2 Å². The number of rotatable bonds is 7. The quantitative estimate of drug-likeness (QED) is 0.285. The number of aromatic nitrogens is 2. The van der Waals surface area contributed by atoms with Crippen molar-refractivity contribution in [2.75, 3.05) is 19.0 Å². The Morgan fingerprint density at radius 3 is 2.61 bits per heavy atom. The van der Waals surface area contributed by atoms with Crippen molar-refractivity contribution < 1.29 is 18.7 Å². The lowest BCUT2D eigenvalue weighted by Gasteiger charge is -2.14. The number of hydrogen-bond donors (Lipinski definition) is 1. The number of carbonyl (C=O) groups excluding carboxylic acids is 1. The van der Waals surface area contributed by atoms with Crippen LogP contribution in [0.1, 0.15) is 11.4 Å². The third-order valence-corrected chi connectivity index (χ3v) is 5.98. The highest BCUT2D eigenvalue weighted by Gasteiger charge is 2.15. The lowest BCUT2D eigenvalue weighted by molar-refractivity contribution is -0.118. The van der Waals surface area contributed by atoms with Crippen LogP contribution in [0.4, 0.5) is 10.1 Å². The Bertz CT molecular complexity index is 1540. The van der Waals surface area contributed by atoms with Gasteiger partial charge in [0.25, 0.3) is 11.5 Å². The van der Waals surface area contributed by atoms with Gasteiger partial charge in [0.1, 0.15) is 11.6 Å². The number of aryl methyl sites for hydroxylation is 1. The minimum Gasteiger partial charge on any atom is -0.493 e. The van der Waals surface area contributed by atoms with Crippen LogP contribution in [0.5, 0.6) is 11.5 Å². The molecule has 0 aliphatic heterocycles. The Kier molecular flexibility index (Phi) is 7.80. The molecular formula is C25H19Br2FN4O4. The van der Waals surface area contributed by atoms with E-state index in [0.717, 1.165) is 4.47 Å². The summed E-state index contributed by atoms with van der Waals surface area (Å²) in [4.78, 5) is 29.9. The van der Waals surface area contributed by atoms with Crippen molar-refractivity contribution in [1.82, 2.24) is 9.66 Å². The van der Waals surface area contributed by atoms with Gasteiger partial charge in [-0.15, -0.1) is 0 Å². The predicted octanol–water partition coefficient (Wildman–Crippen LogP) is 5.28. The minimum atomic E-state index is -0.453. The minimum absolute atomic E-state index is 0.251. The van der Waals surface area contributed by atoms with E-state index in [0.29, 0.717) is 38.2 Å². The highest BCUT2D eigenvalue weighted by Crippen LogP contribution is 2.34. The summed E-state index contributed by atoms with van der Waals surface area (Å²) in [6.07, 6.45) is 1.43. The molecule has 1 N–H and O–H groups in total. The topological polar surface area (TPSA) is 94.8 Å². The van der Waals surface area contributed by atoms with E-state index in [1.807, 2.05) is 6.07 Å². The van der Waals surface area contributed by atoms with Gasteiger partial charge in [-0.1, -0.05) is 31.9 Å². The van der Waals surface area contributed by atoms with E-state index >= 15 is 0 Å². The summed E-state index contributed by atoms with van der Waals surface area (Å²) in [6, 6.07) is 14.0. The van der Waals surface area contributed by atoms with Gasteiger partial charge in [-0.25, -0.2) is 9.37 Å². The number of carbonyl (C=O) groups is 1. The molecule has 184 valence electrons. The summed E-state index contributed by atoms with van der Waals surface area (Å²) in [6.45, 7) is 1.33. The number of benzene rings is 3. The normalized spacial score (nSPS) is 11.1. The molecule has 0 spiro atoms. The molecule has 0 radical (unpaired) electrons. The molecule has 0 atom stereocenters. The number of amides is 1. The molecule has 8 nitrogen and oxygen atoms in total. The number of fused-ring (bicyclic) bond motifs is 1. The van der Waals surface area contributed by atoms with Crippen LogP contribution in [0.25, 0.3) is 10.9 Å². The molecule has 0 unspecified atom stereocenters. The first-order chi connectivity index (χ1) is 17.2. The number of anilines is 1. The van der Waals surface area contributed by atoms with Crippen LogP contribution in [0.15, 0.2) is 73.4 Å². The van der Waals surface area contributed by atoms with Gasteiger partial charge in [0.05, 0.1) is 24.2 Å². The second-order valence-corrected chi connectivity index (χ2v) is 9.38. The molecule has 1 amide bonds. The molecule has 4 rings (SSSR count). The van der Waals surface area contributed by atoms with Gasteiger partial charge in [-0.3, -0.25) is 9.59 Å². The highest BCUT2D eigenvalue weighted by atomic mass is 79.9. The fraction of sp³-hybridized carbons (Fsp3) is 0.120. The summed E-state index contributed by atoms with van der Waals surface area (Å²) < 4.78 is 26.9. The second kappa shape index (κ2) is 11.0. The van der Waals surface area contributed by atoms with Crippen LogP contribution < -0.4 is 20.3 Å². The number of nitrogens with zero attached hydrogens (tertiary/aromatic N) is 3. The van der Waals surface area contributed by atoms with E-state index in [-0.39, 0.29) is 17.9 Å². The van der Waals surface area contributed by atoms with E-state index in [1.54, 1.807) is 31.2 Å². The first-order valence-electron chi connectivity index (χ1n) is 10.5. The summed E-state index contributed by atoms with van der Waals surface area (Å²) in [5, 5.41) is 7.38. The van der Waals surface area contributed by atoms with Crippen LogP contribution >= 0.6 is 31.9 Å². The smallest absolute Gasteiger partial charge is 0.282 e. The SMILES string of the molecule is COc1cc(Br)cc(C=Nn2c(C)nc3ccc(Br)cc3c2=O)c1OCC(=O)Nc1ccc(F)cc1. The second-order valence-electron chi connectivity index (χ2n) is 7.55. The number of methoxy groups -OCH3 is 1. The molecule has 3 aromatic carbocycles. The maximum Gasteiger partial charge on any atom is 0.282 e. The Morgan fingerprint density at radius 2 is 1.89 bits per heavy atom. The van der Waals surface area contributed by atoms with E-state index in [2.05, 4.69) is 47.3 Å². The summed E-state index contributed by atoms with van der Waals surface area (Å²) in [5.74, 6) is 0.141. The largest absolute Gasteiger partial charge is 0.493 e. The van der Waals surface area contributed by atoms with Gasteiger partial charge in [-0.2, -0.15) is 9.78 Å². The zero-order valence-electron chi connectivity index (χ0n) is 19.1. The van der Waals surface area contributed by atoms with Crippen molar-refractivity contribution >= 4 is 60.6 Å². The van der Waals surface area contributed by atoms with E-state index in [1.165, 1.54) is 42.3 Å². The van der Waals surface area contributed by atoms with Crippen molar-refractivity contribution in [2.45, 2.75) is 6.92 Å². The zero-order valence-corrected chi connectivity index (χ0v) is 22.3.